The van der Waals surface area contributed by atoms with Crippen LogP contribution >= 0.6 is 0 Å². The van der Waals surface area contributed by atoms with Crippen molar-refractivity contribution in [3.63, 3.8) is 0 Å². The average molecular weight is 183 g/mol. The minimum Gasteiger partial charge on any atom is -0.312 e. The summed E-state index contributed by atoms with van der Waals surface area (Å²) in [6, 6.07) is 8.13. The van der Waals surface area contributed by atoms with Gasteiger partial charge in [-0.2, -0.15) is 0 Å². The van der Waals surface area contributed by atoms with Crippen LogP contribution < -0.4 is 0 Å². The summed E-state index contributed by atoms with van der Waals surface area (Å²) in [6.45, 7) is 0. The Hall–Kier alpha value is -1.16. The summed E-state index contributed by atoms with van der Waals surface area (Å²) in [5.74, 6) is -0.225. The molecule has 0 amide bonds. The molecule has 3 nitrogen and oxygen atoms in total. The standard InChI is InChI=1S/C8H9NO2S/c9-6-7-12(10,11)8-4-2-1-3-5-8/h1-6,9H,7H2. The van der Waals surface area contributed by atoms with Gasteiger partial charge in [0.05, 0.1) is 10.6 Å². The molecule has 0 fully saturated rings. The van der Waals surface area contributed by atoms with Crippen molar-refractivity contribution in [2.75, 3.05) is 5.75 Å². The Balaban J connectivity index is 3.07. The number of hydrogen-bond acceptors (Lipinski definition) is 3. The molecular weight excluding hydrogens is 174 g/mol. The molecule has 4 heteroatoms. The van der Waals surface area contributed by atoms with E-state index in [2.05, 4.69) is 0 Å². The van der Waals surface area contributed by atoms with E-state index in [1.807, 2.05) is 0 Å². The van der Waals surface area contributed by atoms with E-state index in [1.165, 1.54) is 12.1 Å². The van der Waals surface area contributed by atoms with Gasteiger partial charge in [0.1, 0.15) is 0 Å². The van der Waals surface area contributed by atoms with Crippen molar-refractivity contribution >= 4 is 16.1 Å². The summed E-state index contributed by atoms with van der Waals surface area (Å²) in [5, 5.41) is 6.70. The molecule has 0 saturated carbocycles. The lowest BCUT2D eigenvalue weighted by Gasteiger charge is -1.98. The molecule has 0 radical (unpaired) electrons. The van der Waals surface area contributed by atoms with E-state index in [-0.39, 0.29) is 10.6 Å². The third-order valence-corrected chi connectivity index (χ3v) is 3.00. The molecule has 1 N–H and O–H groups in total. The molecule has 0 aliphatic heterocycles. The molecule has 12 heavy (non-hydrogen) atoms. The Morgan fingerprint density at radius 1 is 1.25 bits per heavy atom. The molecule has 0 saturated heterocycles. The molecule has 0 atom stereocenters. The van der Waals surface area contributed by atoms with Crippen LogP contribution in [0.4, 0.5) is 0 Å². The van der Waals surface area contributed by atoms with Crippen LogP contribution in [-0.2, 0) is 9.84 Å². The van der Waals surface area contributed by atoms with Crippen molar-refractivity contribution in [1.82, 2.24) is 0 Å². The second-order valence-electron chi connectivity index (χ2n) is 2.30. The van der Waals surface area contributed by atoms with Crippen LogP contribution in [0.1, 0.15) is 0 Å². The van der Waals surface area contributed by atoms with E-state index >= 15 is 0 Å². The maximum atomic E-state index is 11.3. The van der Waals surface area contributed by atoms with Gasteiger partial charge in [0.15, 0.2) is 9.84 Å². The molecular formula is C8H9NO2S. The molecule has 0 unspecified atom stereocenters. The fourth-order valence-corrected chi connectivity index (χ4v) is 1.82. The SMILES string of the molecule is N=CCS(=O)(=O)c1ccccc1. The Morgan fingerprint density at radius 3 is 2.33 bits per heavy atom. The lowest BCUT2D eigenvalue weighted by molar-refractivity contribution is 0.600. The lowest BCUT2D eigenvalue weighted by Crippen LogP contribution is -2.06. The largest absolute Gasteiger partial charge is 0.312 e. The van der Waals surface area contributed by atoms with Gasteiger partial charge < -0.3 is 5.41 Å². The van der Waals surface area contributed by atoms with E-state index in [4.69, 9.17) is 5.41 Å². The summed E-state index contributed by atoms with van der Waals surface area (Å²) < 4.78 is 22.6. The lowest BCUT2D eigenvalue weighted by atomic mass is 10.4. The van der Waals surface area contributed by atoms with E-state index in [0.717, 1.165) is 6.21 Å². The van der Waals surface area contributed by atoms with Crippen LogP contribution in [0, 0.1) is 5.41 Å². The van der Waals surface area contributed by atoms with Gasteiger partial charge in [0.25, 0.3) is 0 Å². The highest BCUT2D eigenvalue weighted by Gasteiger charge is 2.10. The molecule has 1 aromatic rings. The van der Waals surface area contributed by atoms with E-state index < -0.39 is 9.84 Å². The number of nitrogens with one attached hydrogen (secondary N) is 1. The van der Waals surface area contributed by atoms with Gasteiger partial charge >= 0.3 is 0 Å². The van der Waals surface area contributed by atoms with E-state index in [0.29, 0.717) is 0 Å². The maximum absolute atomic E-state index is 11.3. The topological polar surface area (TPSA) is 58.0 Å². The van der Waals surface area contributed by atoms with E-state index in [1.54, 1.807) is 18.2 Å². The summed E-state index contributed by atoms with van der Waals surface area (Å²) in [6.07, 6.45) is 0.891. The number of sulfone groups is 1. The molecule has 0 aliphatic rings. The minimum absolute atomic E-state index is 0.225. The monoisotopic (exact) mass is 183 g/mol. The van der Waals surface area contributed by atoms with Crippen molar-refractivity contribution in [1.29, 1.82) is 5.41 Å². The normalized spacial score (nSPS) is 11.0. The van der Waals surface area contributed by atoms with Crippen LogP contribution in [-0.4, -0.2) is 20.4 Å². The molecule has 64 valence electrons. The molecule has 1 aromatic carbocycles. The summed E-state index contributed by atoms with van der Waals surface area (Å²) in [4.78, 5) is 0.272. The first-order valence-electron chi connectivity index (χ1n) is 3.43. The van der Waals surface area contributed by atoms with E-state index in [9.17, 15) is 8.42 Å². The van der Waals surface area contributed by atoms with Crippen LogP contribution in [0.5, 0.6) is 0 Å². The molecule has 0 bridgehead atoms. The highest BCUT2D eigenvalue weighted by Crippen LogP contribution is 2.08. The highest BCUT2D eigenvalue weighted by atomic mass is 32.2. The van der Waals surface area contributed by atoms with Gasteiger partial charge in [0, 0.05) is 6.21 Å². The predicted octanol–water partition coefficient (Wildman–Crippen LogP) is 1.11. The number of rotatable bonds is 3. The second-order valence-corrected chi connectivity index (χ2v) is 4.33. The first-order chi connectivity index (χ1) is 5.67. The van der Waals surface area contributed by atoms with Crippen molar-refractivity contribution in [2.45, 2.75) is 4.90 Å². The van der Waals surface area contributed by atoms with Gasteiger partial charge in [0.2, 0.25) is 0 Å². The maximum Gasteiger partial charge on any atom is 0.183 e. The molecule has 1 rings (SSSR count). The molecule has 0 aliphatic carbocycles. The van der Waals surface area contributed by atoms with Crippen molar-refractivity contribution in [2.24, 2.45) is 0 Å². The van der Waals surface area contributed by atoms with Crippen LogP contribution in [0.3, 0.4) is 0 Å². The molecule has 0 heterocycles. The summed E-state index contributed by atoms with van der Waals surface area (Å²) in [7, 11) is -3.25. The highest BCUT2D eigenvalue weighted by molar-refractivity contribution is 7.92. The van der Waals surface area contributed by atoms with Crippen molar-refractivity contribution in [3.05, 3.63) is 30.3 Å². The predicted molar refractivity (Wildman–Crippen MR) is 47.3 cm³/mol. The zero-order valence-corrected chi connectivity index (χ0v) is 7.21. The fourth-order valence-electron chi connectivity index (χ4n) is 0.834. The Bertz CT molecular complexity index is 356. The smallest absolute Gasteiger partial charge is 0.183 e. The Labute approximate surface area is 71.5 Å². The zero-order chi connectivity index (χ0) is 9.03. The van der Waals surface area contributed by atoms with Crippen molar-refractivity contribution in [3.8, 4) is 0 Å². The fraction of sp³-hybridized carbons (Fsp3) is 0.125. The first-order valence-corrected chi connectivity index (χ1v) is 5.09. The summed E-state index contributed by atoms with van der Waals surface area (Å²) >= 11 is 0. The van der Waals surface area contributed by atoms with Crippen molar-refractivity contribution < 1.29 is 8.42 Å². The minimum atomic E-state index is -3.25. The van der Waals surface area contributed by atoms with Gasteiger partial charge in [-0.25, -0.2) is 8.42 Å². The zero-order valence-electron chi connectivity index (χ0n) is 6.40. The Morgan fingerprint density at radius 2 is 1.83 bits per heavy atom. The quantitative estimate of drug-likeness (QED) is 0.713. The number of benzene rings is 1. The Kier molecular flexibility index (Phi) is 2.60. The van der Waals surface area contributed by atoms with Gasteiger partial charge in [-0.15, -0.1) is 0 Å². The summed E-state index contributed by atoms with van der Waals surface area (Å²) in [5.41, 5.74) is 0. The van der Waals surface area contributed by atoms with Gasteiger partial charge in [-0.1, -0.05) is 18.2 Å². The number of hydrogen-bond donors (Lipinski definition) is 1. The molecule has 0 aromatic heterocycles. The van der Waals surface area contributed by atoms with Gasteiger partial charge in [-0.05, 0) is 12.1 Å². The third-order valence-electron chi connectivity index (χ3n) is 1.41. The van der Waals surface area contributed by atoms with Crippen LogP contribution in [0.15, 0.2) is 35.2 Å². The van der Waals surface area contributed by atoms with Gasteiger partial charge in [-0.3, -0.25) is 0 Å². The first kappa shape index (κ1) is 8.93. The third kappa shape index (κ3) is 1.92. The van der Waals surface area contributed by atoms with Crippen LogP contribution in [0.25, 0.3) is 0 Å². The van der Waals surface area contributed by atoms with Crippen LogP contribution in [0.2, 0.25) is 0 Å². The molecule has 0 spiro atoms. The average Bonchev–Trinajstić information content (AvgIpc) is 2.06. The second kappa shape index (κ2) is 3.49.